The minimum atomic E-state index is -0.0819. The van der Waals surface area contributed by atoms with Gasteiger partial charge >= 0.3 is 0 Å². The van der Waals surface area contributed by atoms with Gasteiger partial charge in [0, 0.05) is 18.8 Å². The summed E-state index contributed by atoms with van der Waals surface area (Å²) in [6, 6.07) is 5.87. The van der Waals surface area contributed by atoms with Crippen LogP contribution in [-0.2, 0) is 17.8 Å². The fraction of sp³-hybridized carbons (Fsp3) is 0.250. The Morgan fingerprint density at radius 2 is 2.30 bits per heavy atom. The largest absolute Gasteiger partial charge is 0.349 e. The van der Waals surface area contributed by atoms with Gasteiger partial charge in [0.1, 0.15) is 12.7 Å². The van der Waals surface area contributed by atoms with E-state index in [1.165, 1.54) is 11.9 Å². The molecular weight excluding hydrogens is 310 g/mol. The fourth-order valence-corrected chi connectivity index (χ4v) is 2.99. The van der Waals surface area contributed by atoms with Gasteiger partial charge in [0.15, 0.2) is 0 Å². The summed E-state index contributed by atoms with van der Waals surface area (Å²) < 4.78 is 1.65. The number of aromatic nitrogens is 4. The maximum atomic E-state index is 12.3. The smallest absolute Gasteiger partial charge is 0.222 e. The molecular formula is C16H17N5OS. The number of nitrogens with one attached hydrogen (secondary N) is 1. The van der Waals surface area contributed by atoms with Crippen LogP contribution in [0.1, 0.15) is 23.6 Å². The molecule has 1 atom stereocenters. The third-order valence-corrected chi connectivity index (χ3v) is 4.21. The van der Waals surface area contributed by atoms with Gasteiger partial charge in [-0.1, -0.05) is 6.07 Å². The van der Waals surface area contributed by atoms with Crippen molar-refractivity contribution >= 4 is 17.2 Å². The van der Waals surface area contributed by atoms with Crippen LogP contribution in [0, 0.1) is 0 Å². The maximum absolute atomic E-state index is 12.3. The molecule has 0 aliphatic rings. The van der Waals surface area contributed by atoms with E-state index in [1.54, 1.807) is 34.7 Å². The molecule has 0 aliphatic heterocycles. The van der Waals surface area contributed by atoms with E-state index in [0.717, 1.165) is 12.0 Å². The van der Waals surface area contributed by atoms with Gasteiger partial charge in [0.05, 0.1) is 12.6 Å². The normalized spacial score (nSPS) is 12.0. The zero-order chi connectivity index (χ0) is 15.9. The van der Waals surface area contributed by atoms with Crippen LogP contribution in [-0.4, -0.2) is 25.7 Å². The minimum Gasteiger partial charge on any atom is -0.349 e. The number of carbonyl (C=O) groups excluding carboxylic acids is 1. The molecule has 23 heavy (non-hydrogen) atoms. The van der Waals surface area contributed by atoms with Crippen LogP contribution in [0.4, 0.5) is 0 Å². The first-order valence-electron chi connectivity index (χ1n) is 7.34. The second kappa shape index (κ2) is 7.64. The first-order chi connectivity index (χ1) is 11.3. The summed E-state index contributed by atoms with van der Waals surface area (Å²) in [7, 11) is 0. The molecule has 0 saturated carbocycles. The van der Waals surface area contributed by atoms with Gasteiger partial charge in [-0.3, -0.25) is 14.5 Å². The summed E-state index contributed by atoms with van der Waals surface area (Å²) in [6.45, 7) is 0.518. The fourth-order valence-electron chi connectivity index (χ4n) is 2.31. The van der Waals surface area contributed by atoms with Crippen molar-refractivity contribution in [1.82, 2.24) is 25.1 Å². The van der Waals surface area contributed by atoms with Crippen molar-refractivity contribution in [2.45, 2.75) is 25.4 Å². The van der Waals surface area contributed by atoms with Crippen molar-refractivity contribution in [3.63, 3.8) is 0 Å². The zero-order valence-electron chi connectivity index (χ0n) is 12.5. The van der Waals surface area contributed by atoms with Crippen LogP contribution < -0.4 is 5.32 Å². The summed E-state index contributed by atoms with van der Waals surface area (Å²) in [6.07, 6.45) is 7.73. The number of hydrogen-bond donors (Lipinski definition) is 1. The Morgan fingerprint density at radius 3 is 3.00 bits per heavy atom. The van der Waals surface area contributed by atoms with Crippen molar-refractivity contribution in [2.24, 2.45) is 0 Å². The van der Waals surface area contributed by atoms with Gasteiger partial charge in [-0.2, -0.15) is 16.4 Å². The van der Waals surface area contributed by atoms with E-state index in [1.807, 2.05) is 17.5 Å². The first kappa shape index (κ1) is 15.4. The average molecular weight is 327 g/mol. The van der Waals surface area contributed by atoms with E-state index >= 15 is 0 Å². The molecule has 0 fully saturated rings. The highest BCUT2D eigenvalue weighted by molar-refractivity contribution is 7.07. The number of amides is 1. The van der Waals surface area contributed by atoms with Crippen molar-refractivity contribution in [3.05, 3.63) is 65.1 Å². The second-order valence-electron chi connectivity index (χ2n) is 5.15. The van der Waals surface area contributed by atoms with Gasteiger partial charge in [-0.25, -0.2) is 4.98 Å². The Kier molecular flexibility index (Phi) is 5.10. The van der Waals surface area contributed by atoms with Gasteiger partial charge in [-0.15, -0.1) is 0 Å². The van der Waals surface area contributed by atoms with Crippen molar-refractivity contribution in [2.75, 3.05) is 0 Å². The highest BCUT2D eigenvalue weighted by atomic mass is 32.1. The van der Waals surface area contributed by atoms with E-state index in [2.05, 4.69) is 31.8 Å². The number of pyridine rings is 1. The van der Waals surface area contributed by atoms with E-state index in [-0.39, 0.29) is 11.9 Å². The quantitative estimate of drug-likeness (QED) is 0.722. The number of aryl methyl sites for hydroxylation is 1. The molecule has 0 spiro atoms. The highest BCUT2D eigenvalue weighted by Gasteiger charge is 2.16. The lowest BCUT2D eigenvalue weighted by Crippen LogP contribution is -2.30. The van der Waals surface area contributed by atoms with E-state index in [4.69, 9.17) is 0 Å². The predicted octanol–water partition coefficient (Wildman–Crippen LogP) is 2.22. The average Bonchev–Trinajstić information content (AvgIpc) is 3.27. The van der Waals surface area contributed by atoms with Gasteiger partial charge in [0.2, 0.25) is 5.91 Å². The van der Waals surface area contributed by atoms with E-state index < -0.39 is 0 Å². The van der Waals surface area contributed by atoms with Crippen molar-refractivity contribution in [1.29, 1.82) is 0 Å². The topological polar surface area (TPSA) is 72.7 Å². The third kappa shape index (κ3) is 4.46. The molecule has 118 valence electrons. The lowest BCUT2D eigenvalue weighted by atomic mass is 10.0. The summed E-state index contributed by atoms with van der Waals surface area (Å²) in [5, 5.41) is 11.2. The molecule has 7 heteroatoms. The van der Waals surface area contributed by atoms with Crippen LogP contribution in [0.25, 0.3) is 0 Å². The summed E-state index contributed by atoms with van der Waals surface area (Å²) >= 11 is 1.66. The summed E-state index contributed by atoms with van der Waals surface area (Å²) in [5.41, 5.74) is 2.22. The number of rotatable bonds is 7. The Morgan fingerprint density at radius 1 is 1.35 bits per heavy atom. The number of hydrogen-bond acceptors (Lipinski definition) is 5. The molecule has 6 nitrogen and oxygen atoms in total. The predicted molar refractivity (Wildman–Crippen MR) is 87.8 cm³/mol. The van der Waals surface area contributed by atoms with Crippen molar-refractivity contribution in [3.8, 4) is 0 Å². The molecule has 3 aromatic heterocycles. The highest BCUT2D eigenvalue weighted by Crippen LogP contribution is 2.19. The maximum Gasteiger partial charge on any atom is 0.222 e. The van der Waals surface area contributed by atoms with Gasteiger partial charge in [-0.05, 0) is 40.4 Å². The monoisotopic (exact) mass is 327 g/mol. The van der Waals surface area contributed by atoms with Crippen LogP contribution >= 0.6 is 11.3 Å². The summed E-state index contributed by atoms with van der Waals surface area (Å²) in [4.78, 5) is 20.3. The van der Waals surface area contributed by atoms with Crippen LogP contribution in [0.3, 0.4) is 0 Å². The second-order valence-corrected chi connectivity index (χ2v) is 5.93. The first-order valence-corrected chi connectivity index (χ1v) is 8.28. The summed E-state index contributed by atoms with van der Waals surface area (Å²) in [5.74, 6) is -0.00965. The molecule has 0 saturated heterocycles. The van der Waals surface area contributed by atoms with Crippen LogP contribution in [0.15, 0.2) is 54.0 Å². The molecule has 0 bridgehead atoms. The Hall–Kier alpha value is -2.54. The molecule has 1 N–H and O–H groups in total. The lowest BCUT2D eigenvalue weighted by Gasteiger charge is -2.18. The Balaban J connectivity index is 1.64. The van der Waals surface area contributed by atoms with Crippen LogP contribution in [0.5, 0.6) is 0 Å². The zero-order valence-corrected chi connectivity index (χ0v) is 13.3. The molecule has 0 aliphatic carbocycles. The molecule has 1 unspecified atom stereocenters. The van der Waals surface area contributed by atoms with Crippen LogP contribution in [0.2, 0.25) is 0 Å². The standard InChI is InChI=1S/C16H17N5OS/c22-16(3-6-21-12-18-11-19-21)20-15(8-13-4-7-23-10-13)14-2-1-5-17-9-14/h1-2,4-5,7,9-12,15H,3,6,8H2,(H,20,22). The minimum absolute atomic E-state index is 0.00965. The van der Waals surface area contributed by atoms with Crippen molar-refractivity contribution < 1.29 is 4.79 Å². The Bertz CT molecular complexity index is 712. The third-order valence-electron chi connectivity index (χ3n) is 3.48. The number of carbonyl (C=O) groups is 1. The Labute approximate surface area is 138 Å². The molecule has 0 radical (unpaired) electrons. The van der Waals surface area contributed by atoms with Gasteiger partial charge < -0.3 is 5.32 Å². The molecule has 3 heterocycles. The SMILES string of the molecule is O=C(CCn1cncn1)NC(Cc1ccsc1)c1cccnc1. The van der Waals surface area contributed by atoms with E-state index in [0.29, 0.717) is 13.0 Å². The number of nitrogens with zero attached hydrogens (tertiary/aromatic N) is 4. The van der Waals surface area contributed by atoms with E-state index in [9.17, 15) is 4.79 Å². The molecule has 1 amide bonds. The molecule has 3 rings (SSSR count). The molecule has 0 aromatic carbocycles. The number of thiophene rings is 1. The lowest BCUT2D eigenvalue weighted by molar-refractivity contribution is -0.122. The van der Waals surface area contributed by atoms with Gasteiger partial charge in [0.25, 0.3) is 0 Å². The molecule has 3 aromatic rings.